The molecule has 0 saturated carbocycles. The van der Waals surface area contributed by atoms with Gasteiger partial charge < -0.3 is 10.2 Å². The van der Waals surface area contributed by atoms with Gasteiger partial charge in [0.1, 0.15) is 0 Å². The number of hydrogen-bond donors (Lipinski definition) is 1. The monoisotopic (exact) mass is 272 g/mol. The second kappa shape index (κ2) is 6.07. The van der Waals surface area contributed by atoms with E-state index < -0.39 is 0 Å². The van der Waals surface area contributed by atoms with Crippen LogP contribution in [-0.4, -0.2) is 19.6 Å². The van der Waals surface area contributed by atoms with Gasteiger partial charge in [0, 0.05) is 19.6 Å². The van der Waals surface area contributed by atoms with Crippen LogP contribution in [0.2, 0.25) is 0 Å². The van der Waals surface area contributed by atoms with E-state index in [2.05, 4.69) is 42.3 Å². The van der Waals surface area contributed by atoms with E-state index in [1.807, 2.05) is 0 Å². The lowest BCUT2D eigenvalue weighted by molar-refractivity contribution is 0.351. The third-order valence-corrected chi connectivity index (χ3v) is 5.11. The van der Waals surface area contributed by atoms with Crippen LogP contribution in [-0.2, 0) is 6.42 Å². The molecule has 110 valence electrons. The lowest BCUT2D eigenvalue weighted by Gasteiger charge is -2.29. The van der Waals surface area contributed by atoms with Crippen molar-refractivity contribution in [1.29, 1.82) is 0 Å². The molecule has 0 radical (unpaired) electrons. The van der Waals surface area contributed by atoms with Gasteiger partial charge in [0.05, 0.1) is 11.4 Å². The van der Waals surface area contributed by atoms with Gasteiger partial charge in [-0.15, -0.1) is 0 Å². The smallest absolute Gasteiger partial charge is 0.0610 e. The van der Waals surface area contributed by atoms with Crippen molar-refractivity contribution >= 4 is 11.4 Å². The van der Waals surface area contributed by atoms with Crippen molar-refractivity contribution < 1.29 is 0 Å². The first-order valence-corrected chi connectivity index (χ1v) is 8.36. The average Bonchev–Trinajstić information content (AvgIpc) is 2.72. The molecule has 2 nitrogen and oxygen atoms in total. The Kier molecular flexibility index (Phi) is 4.18. The molecule has 20 heavy (non-hydrogen) atoms. The molecule has 1 N–H and O–H groups in total. The van der Waals surface area contributed by atoms with E-state index in [1.165, 1.54) is 62.1 Å². The standard InChI is InChI=1S/C18H28N2/c1-14(2)15-8-5-12-20(13-10-15)17-9-3-6-16-7-4-11-19-18(16)17/h3,6,9,14-15,19H,4-5,7-8,10-13H2,1-2H3. The van der Waals surface area contributed by atoms with Gasteiger partial charge in [-0.25, -0.2) is 0 Å². The maximum Gasteiger partial charge on any atom is 0.0610 e. The predicted octanol–water partition coefficient (Wildman–Crippen LogP) is 4.31. The highest BCUT2D eigenvalue weighted by atomic mass is 15.1. The third-order valence-electron chi connectivity index (χ3n) is 5.11. The van der Waals surface area contributed by atoms with Crippen LogP contribution in [0.15, 0.2) is 18.2 Å². The van der Waals surface area contributed by atoms with Crippen molar-refractivity contribution in [1.82, 2.24) is 0 Å². The van der Waals surface area contributed by atoms with Crippen molar-refractivity contribution in [2.24, 2.45) is 11.8 Å². The van der Waals surface area contributed by atoms with Gasteiger partial charge in [-0.3, -0.25) is 0 Å². The predicted molar refractivity (Wildman–Crippen MR) is 87.6 cm³/mol. The Hall–Kier alpha value is -1.18. The Labute approximate surface area is 123 Å². The van der Waals surface area contributed by atoms with Gasteiger partial charge in [0.15, 0.2) is 0 Å². The Morgan fingerprint density at radius 1 is 1.15 bits per heavy atom. The lowest BCUT2D eigenvalue weighted by atomic mass is 9.89. The SMILES string of the molecule is CC(C)C1CCCN(c2cccc3c2NCCC3)CC1. The zero-order chi connectivity index (χ0) is 13.9. The molecule has 2 heteroatoms. The molecule has 0 aliphatic carbocycles. The molecular weight excluding hydrogens is 244 g/mol. The van der Waals surface area contributed by atoms with Gasteiger partial charge in [-0.05, 0) is 55.6 Å². The molecule has 1 saturated heterocycles. The van der Waals surface area contributed by atoms with Crippen LogP contribution in [0.3, 0.4) is 0 Å². The number of nitrogens with one attached hydrogen (secondary N) is 1. The maximum atomic E-state index is 3.64. The molecule has 2 aliphatic rings. The number of hydrogen-bond acceptors (Lipinski definition) is 2. The normalized spacial score (nSPS) is 23.1. The van der Waals surface area contributed by atoms with E-state index in [9.17, 15) is 0 Å². The number of nitrogens with zero attached hydrogens (tertiary/aromatic N) is 1. The summed E-state index contributed by atoms with van der Waals surface area (Å²) in [6, 6.07) is 6.85. The molecule has 3 rings (SSSR count). The van der Waals surface area contributed by atoms with Crippen LogP contribution in [0.4, 0.5) is 11.4 Å². The molecule has 1 atom stereocenters. The lowest BCUT2D eigenvalue weighted by Crippen LogP contribution is -2.27. The summed E-state index contributed by atoms with van der Waals surface area (Å²) in [5, 5.41) is 3.64. The fourth-order valence-electron chi connectivity index (χ4n) is 3.78. The van der Waals surface area contributed by atoms with E-state index in [0.717, 1.165) is 18.4 Å². The van der Waals surface area contributed by atoms with Gasteiger partial charge in [0.2, 0.25) is 0 Å². The van der Waals surface area contributed by atoms with Crippen molar-refractivity contribution in [3.8, 4) is 0 Å². The molecule has 1 fully saturated rings. The summed E-state index contributed by atoms with van der Waals surface area (Å²) in [4.78, 5) is 2.62. The molecule has 1 unspecified atom stereocenters. The highest BCUT2D eigenvalue weighted by Crippen LogP contribution is 2.35. The molecule has 2 aliphatic heterocycles. The van der Waals surface area contributed by atoms with Crippen molar-refractivity contribution in [2.45, 2.75) is 46.0 Å². The van der Waals surface area contributed by atoms with E-state index in [-0.39, 0.29) is 0 Å². The average molecular weight is 272 g/mol. The molecular formula is C18H28N2. The Morgan fingerprint density at radius 2 is 2.05 bits per heavy atom. The summed E-state index contributed by atoms with van der Waals surface area (Å²) < 4.78 is 0. The van der Waals surface area contributed by atoms with Gasteiger partial charge in [-0.1, -0.05) is 26.0 Å². The summed E-state index contributed by atoms with van der Waals surface area (Å²) in [6.45, 7) is 8.34. The molecule has 2 heterocycles. The van der Waals surface area contributed by atoms with Crippen LogP contribution < -0.4 is 10.2 Å². The van der Waals surface area contributed by atoms with Crippen LogP contribution in [0, 0.1) is 11.8 Å². The summed E-state index contributed by atoms with van der Waals surface area (Å²) in [5.74, 6) is 1.74. The van der Waals surface area contributed by atoms with Gasteiger partial charge in [-0.2, -0.15) is 0 Å². The number of rotatable bonds is 2. The highest BCUT2D eigenvalue weighted by Gasteiger charge is 2.22. The largest absolute Gasteiger partial charge is 0.383 e. The first-order valence-electron chi connectivity index (χ1n) is 8.36. The minimum Gasteiger partial charge on any atom is -0.383 e. The first kappa shape index (κ1) is 13.8. The molecule has 0 aromatic heterocycles. The minimum absolute atomic E-state index is 0.831. The number of fused-ring (bicyclic) bond motifs is 1. The van der Waals surface area contributed by atoms with E-state index in [1.54, 1.807) is 0 Å². The molecule has 0 spiro atoms. The Morgan fingerprint density at radius 3 is 2.90 bits per heavy atom. The Bertz CT molecular complexity index is 453. The van der Waals surface area contributed by atoms with Crippen LogP contribution >= 0.6 is 0 Å². The van der Waals surface area contributed by atoms with Gasteiger partial charge >= 0.3 is 0 Å². The second-order valence-corrected chi connectivity index (χ2v) is 6.76. The molecule has 1 aromatic carbocycles. The molecule has 1 aromatic rings. The number of benzene rings is 1. The minimum atomic E-state index is 0.831. The van der Waals surface area contributed by atoms with E-state index in [4.69, 9.17) is 0 Å². The van der Waals surface area contributed by atoms with Crippen LogP contribution in [0.1, 0.15) is 45.1 Å². The topological polar surface area (TPSA) is 15.3 Å². The second-order valence-electron chi connectivity index (χ2n) is 6.76. The maximum absolute atomic E-state index is 3.64. The van der Waals surface area contributed by atoms with E-state index >= 15 is 0 Å². The fourth-order valence-corrected chi connectivity index (χ4v) is 3.78. The number of anilines is 2. The van der Waals surface area contributed by atoms with Crippen LogP contribution in [0.25, 0.3) is 0 Å². The number of para-hydroxylation sites is 1. The van der Waals surface area contributed by atoms with E-state index in [0.29, 0.717) is 0 Å². The molecule has 0 bridgehead atoms. The van der Waals surface area contributed by atoms with Gasteiger partial charge in [0.25, 0.3) is 0 Å². The number of aryl methyl sites for hydroxylation is 1. The van der Waals surface area contributed by atoms with Crippen molar-refractivity contribution in [2.75, 3.05) is 29.9 Å². The zero-order valence-corrected chi connectivity index (χ0v) is 13.0. The quantitative estimate of drug-likeness (QED) is 0.863. The third kappa shape index (κ3) is 2.79. The van der Waals surface area contributed by atoms with Crippen molar-refractivity contribution in [3.05, 3.63) is 23.8 Å². The fraction of sp³-hybridized carbons (Fsp3) is 0.667. The first-order chi connectivity index (χ1) is 9.75. The van der Waals surface area contributed by atoms with Crippen molar-refractivity contribution in [3.63, 3.8) is 0 Å². The molecule has 0 amide bonds. The van der Waals surface area contributed by atoms with Crippen LogP contribution in [0.5, 0.6) is 0 Å². The summed E-state index contributed by atoms with van der Waals surface area (Å²) in [6.07, 6.45) is 6.59. The zero-order valence-electron chi connectivity index (χ0n) is 13.0. The Balaban J connectivity index is 1.79. The summed E-state index contributed by atoms with van der Waals surface area (Å²) in [7, 11) is 0. The highest BCUT2D eigenvalue weighted by molar-refractivity contribution is 5.74. The summed E-state index contributed by atoms with van der Waals surface area (Å²) >= 11 is 0. The summed E-state index contributed by atoms with van der Waals surface area (Å²) in [5.41, 5.74) is 4.38.